The molecule has 5 nitrogen and oxygen atoms in total. The van der Waals surface area contributed by atoms with Crippen molar-refractivity contribution in [3.8, 4) is 5.75 Å². The van der Waals surface area contributed by atoms with Gasteiger partial charge < -0.3 is 9.64 Å². The predicted octanol–water partition coefficient (Wildman–Crippen LogP) is 2.83. The summed E-state index contributed by atoms with van der Waals surface area (Å²) in [5.41, 5.74) is 1.99. The third-order valence-corrected chi connectivity index (χ3v) is 5.41. The summed E-state index contributed by atoms with van der Waals surface area (Å²) < 4.78 is 5.55. The van der Waals surface area contributed by atoms with Crippen molar-refractivity contribution in [3.63, 3.8) is 0 Å². The number of carbonyl (C=O) groups is 1. The maximum absolute atomic E-state index is 12.6. The molecule has 0 N–H and O–H groups in total. The zero-order valence-corrected chi connectivity index (χ0v) is 14.9. The number of piperazine rings is 1. The van der Waals surface area contributed by atoms with Gasteiger partial charge in [0.05, 0.1) is 23.9 Å². The van der Waals surface area contributed by atoms with Gasteiger partial charge in [0.2, 0.25) is 5.91 Å². The summed E-state index contributed by atoms with van der Waals surface area (Å²) in [4.78, 5) is 21.7. The van der Waals surface area contributed by atoms with Gasteiger partial charge >= 0.3 is 0 Å². The van der Waals surface area contributed by atoms with Crippen molar-refractivity contribution in [3.05, 3.63) is 36.0 Å². The number of carbonyl (C=O) groups excluding carboxylic acids is 1. The molecule has 2 aliphatic heterocycles. The lowest BCUT2D eigenvalue weighted by Crippen LogP contribution is -2.58. The summed E-state index contributed by atoms with van der Waals surface area (Å²) in [6, 6.07) is 10.5. The van der Waals surface area contributed by atoms with E-state index in [1.165, 1.54) is 0 Å². The van der Waals surface area contributed by atoms with E-state index in [1.807, 2.05) is 32.0 Å². The van der Waals surface area contributed by atoms with Crippen molar-refractivity contribution in [2.24, 2.45) is 0 Å². The standard InChI is InChI=1S/C20H25N3O2/c1-3-25-18-8-9-19-15(11-18)6-7-16(21-19)12-22-13-17-5-4-10-23(17)20(24)14(22)2/h6-9,11,14,17H,3-5,10,12-13H2,1-2H3/t14-,17-/m1/s1. The zero-order valence-electron chi connectivity index (χ0n) is 14.9. The Morgan fingerprint density at radius 3 is 3.00 bits per heavy atom. The summed E-state index contributed by atoms with van der Waals surface area (Å²) in [6.07, 6.45) is 2.26. The molecule has 25 heavy (non-hydrogen) atoms. The molecular formula is C20H25N3O2. The average Bonchev–Trinajstić information content (AvgIpc) is 3.08. The Morgan fingerprint density at radius 1 is 1.28 bits per heavy atom. The molecule has 1 amide bonds. The van der Waals surface area contributed by atoms with E-state index in [2.05, 4.69) is 21.9 Å². The van der Waals surface area contributed by atoms with Crippen LogP contribution in [0.15, 0.2) is 30.3 Å². The molecular weight excluding hydrogens is 314 g/mol. The molecule has 2 atom stereocenters. The molecule has 0 spiro atoms. The first kappa shape index (κ1) is 16.3. The highest BCUT2D eigenvalue weighted by Gasteiger charge is 2.40. The molecule has 2 aromatic rings. The van der Waals surface area contributed by atoms with E-state index in [9.17, 15) is 4.79 Å². The average molecular weight is 339 g/mol. The maximum atomic E-state index is 12.6. The van der Waals surface area contributed by atoms with Crippen LogP contribution >= 0.6 is 0 Å². The summed E-state index contributed by atoms with van der Waals surface area (Å²) in [6.45, 7) is 7.27. The van der Waals surface area contributed by atoms with Crippen LogP contribution in [0.25, 0.3) is 10.9 Å². The van der Waals surface area contributed by atoms with Crippen LogP contribution in [0.3, 0.4) is 0 Å². The number of amides is 1. The van der Waals surface area contributed by atoms with Gasteiger partial charge in [-0.3, -0.25) is 14.7 Å². The minimum Gasteiger partial charge on any atom is -0.494 e. The SMILES string of the molecule is CCOc1ccc2nc(CN3C[C@H]4CCCN4C(=O)[C@H]3C)ccc2c1. The summed E-state index contributed by atoms with van der Waals surface area (Å²) in [5, 5.41) is 1.08. The van der Waals surface area contributed by atoms with Crippen LogP contribution in [-0.2, 0) is 11.3 Å². The molecule has 0 saturated carbocycles. The van der Waals surface area contributed by atoms with Crippen molar-refractivity contribution >= 4 is 16.8 Å². The molecule has 132 valence electrons. The molecule has 2 aliphatic rings. The Kier molecular flexibility index (Phi) is 4.34. The van der Waals surface area contributed by atoms with Gasteiger partial charge in [-0.15, -0.1) is 0 Å². The molecule has 2 saturated heterocycles. The molecule has 1 aromatic carbocycles. The monoisotopic (exact) mass is 339 g/mol. The van der Waals surface area contributed by atoms with Gasteiger partial charge in [-0.2, -0.15) is 0 Å². The Hall–Kier alpha value is -2.14. The Balaban J connectivity index is 1.53. The predicted molar refractivity (Wildman–Crippen MR) is 97.5 cm³/mol. The van der Waals surface area contributed by atoms with Crippen LogP contribution in [0.1, 0.15) is 32.4 Å². The van der Waals surface area contributed by atoms with Crippen LogP contribution in [-0.4, -0.2) is 52.5 Å². The summed E-state index contributed by atoms with van der Waals surface area (Å²) in [5.74, 6) is 1.15. The number of fused-ring (bicyclic) bond motifs is 2. The Morgan fingerprint density at radius 2 is 2.16 bits per heavy atom. The van der Waals surface area contributed by atoms with E-state index < -0.39 is 0 Å². The van der Waals surface area contributed by atoms with Gasteiger partial charge in [-0.05, 0) is 51.0 Å². The summed E-state index contributed by atoms with van der Waals surface area (Å²) >= 11 is 0. The van der Waals surface area contributed by atoms with E-state index in [1.54, 1.807) is 0 Å². The Bertz CT molecular complexity index is 792. The van der Waals surface area contributed by atoms with Gasteiger partial charge in [-0.1, -0.05) is 6.07 Å². The first-order valence-electron chi connectivity index (χ1n) is 9.22. The first-order chi connectivity index (χ1) is 12.2. The molecule has 0 radical (unpaired) electrons. The third-order valence-electron chi connectivity index (χ3n) is 5.41. The maximum Gasteiger partial charge on any atom is 0.239 e. The van der Waals surface area contributed by atoms with Crippen molar-refractivity contribution < 1.29 is 9.53 Å². The number of rotatable bonds is 4. The van der Waals surface area contributed by atoms with Crippen LogP contribution < -0.4 is 4.74 Å². The van der Waals surface area contributed by atoms with E-state index in [0.29, 0.717) is 12.6 Å². The highest BCUT2D eigenvalue weighted by molar-refractivity contribution is 5.83. The van der Waals surface area contributed by atoms with Crippen LogP contribution in [0.2, 0.25) is 0 Å². The first-order valence-corrected chi connectivity index (χ1v) is 9.22. The largest absolute Gasteiger partial charge is 0.494 e. The fourth-order valence-electron chi connectivity index (χ4n) is 4.04. The van der Waals surface area contributed by atoms with E-state index in [4.69, 9.17) is 9.72 Å². The topological polar surface area (TPSA) is 45.7 Å². The van der Waals surface area contributed by atoms with Crippen molar-refractivity contribution in [1.29, 1.82) is 0 Å². The fraction of sp³-hybridized carbons (Fsp3) is 0.500. The minimum atomic E-state index is -0.0628. The van der Waals surface area contributed by atoms with Crippen molar-refractivity contribution in [2.45, 2.75) is 45.3 Å². The molecule has 1 aromatic heterocycles. The van der Waals surface area contributed by atoms with E-state index >= 15 is 0 Å². The molecule has 0 bridgehead atoms. The van der Waals surface area contributed by atoms with Gasteiger partial charge in [0.1, 0.15) is 5.75 Å². The second kappa shape index (κ2) is 6.64. The molecule has 5 heteroatoms. The molecule has 4 rings (SSSR count). The van der Waals surface area contributed by atoms with Gasteiger partial charge in [0.25, 0.3) is 0 Å². The van der Waals surface area contributed by atoms with E-state index in [-0.39, 0.29) is 11.9 Å². The minimum absolute atomic E-state index is 0.0628. The number of benzene rings is 1. The fourth-order valence-corrected chi connectivity index (χ4v) is 4.04. The Labute approximate surface area is 148 Å². The number of nitrogens with zero attached hydrogens (tertiary/aromatic N) is 3. The van der Waals surface area contributed by atoms with Gasteiger partial charge in [0.15, 0.2) is 0 Å². The number of hydrogen-bond donors (Lipinski definition) is 0. The summed E-state index contributed by atoms with van der Waals surface area (Å²) in [7, 11) is 0. The number of pyridine rings is 1. The van der Waals surface area contributed by atoms with Crippen LogP contribution in [0.4, 0.5) is 0 Å². The number of aromatic nitrogens is 1. The lowest BCUT2D eigenvalue weighted by atomic mass is 10.1. The molecule has 0 unspecified atom stereocenters. The van der Waals surface area contributed by atoms with Crippen LogP contribution in [0.5, 0.6) is 5.75 Å². The molecule has 3 heterocycles. The zero-order chi connectivity index (χ0) is 17.4. The lowest BCUT2D eigenvalue weighted by Gasteiger charge is -2.41. The smallest absolute Gasteiger partial charge is 0.239 e. The highest BCUT2D eigenvalue weighted by Crippen LogP contribution is 2.27. The number of ether oxygens (including phenoxy) is 1. The lowest BCUT2D eigenvalue weighted by molar-refractivity contribution is -0.143. The van der Waals surface area contributed by atoms with E-state index in [0.717, 1.165) is 54.8 Å². The van der Waals surface area contributed by atoms with Crippen molar-refractivity contribution in [2.75, 3.05) is 19.7 Å². The molecule has 0 aliphatic carbocycles. The normalized spacial score (nSPS) is 23.9. The molecule has 2 fully saturated rings. The third kappa shape index (κ3) is 3.09. The second-order valence-electron chi connectivity index (χ2n) is 7.02. The van der Waals surface area contributed by atoms with Crippen LogP contribution in [0, 0.1) is 0 Å². The van der Waals surface area contributed by atoms with Gasteiger partial charge in [-0.25, -0.2) is 0 Å². The quantitative estimate of drug-likeness (QED) is 0.859. The number of hydrogen-bond acceptors (Lipinski definition) is 4. The highest BCUT2D eigenvalue weighted by atomic mass is 16.5. The van der Waals surface area contributed by atoms with Crippen molar-refractivity contribution in [1.82, 2.24) is 14.8 Å². The second-order valence-corrected chi connectivity index (χ2v) is 7.02. The van der Waals surface area contributed by atoms with Gasteiger partial charge in [0, 0.05) is 31.1 Å².